The average Bonchev–Trinajstić information content (AvgIpc) is 1.81. The number of carbonyl (C=O) groups excluding carboxylic acids is 1. The maximum absolute atomic E-state index is 10.5. The summed E-state index contributed by atoms with van der Waals surface area (Å²) in [4.78, 5) is 10.5. The lowest BCUT2D eigenvalue weighted by molar-refractivity contribution is -0.131. The van der Waals surface area contributed by atoms with Crippen molar-refractivity contribution in [2.45, 2.75) is 6.92 Å². The molecule has 0 atom stereocenters. The number of phenols is 1. The number of hydrogen-bond acceptors (Lipinski definition) is 3. The first-order valence-corrected chi connectivity index (χ1v) is 4.34. The topological polar surface area (TPSA) is 46.5 Å². The Balaban J connectivity index is 2.93. The Labute approximate surface area is 83.5 Å². The van der Waals surface area contributed by atoms with Crippen LogP contribution in [0.25, 0.3) is 0 Å². The van der Waals surface area contributed by atoms with E-state index in [4.69, 9.17) is 9.84 Å². The fraction of sp³-hybridized carbons (Fsp3) is 0.125. The van der Waals surface area contributed by atoms with Crippen LogP contribution in [-0.4, -0.2) is 11.1 Å². The second-order valence-electron chi connectivity index (χ2n) is 2.24. The van der Waals surface area contributed by atoms with E-state index in [-0.39, 0.29) is 5.75 Å². The van der Waals surface area contributed by atoms with Gasteiger partial charge in [-0.25, -0.2) is 0 Å². The number of hydrogen-bond donors (Lipinski definition) is 1. The van der Waals surface area contributed by atoms with E-state index in [1.165, 1.54) is 13.0 Å². The summed E-state index contributed by atoms with van der Waals surface area (Å²) in [6.45, 7) is 1.32. The van der Waals surface area contributed by atoms with Gasteiger partial charge in [-0.3, -0.25) is 4.79 Å². The Morgan fingerprint density at radius 3 is 2.67 bits per heavy atom. The van der Waals surface area contributed by atoms with Crippen molar-refractivity contribution >= 4 is 28.6 Å². The Hall–Kier alpha value is -0.780. The number of halogens is 1. The first-order valence-electron chi connectivity index (χ1n) is 3.26. The van der Waals surface area contributed by atoms with E-state index < -0.39 is 5.97 Å². The summed E-state index contributed by atoms with van der Waals surface area (Å²) >= 11 is 2.03. The summed E-state index contributed by atoms with van der Waals surface area (Å²) < 4.78 is 5.60. The van der Waals surface area contributed by atoms with Crippen LogP contribution in [0.1, 0.15) is 6.92 Å². The van der Waals surface area contributed by atoms with Crippen LogP contribution in [-0.2, 0) is 4.79 Å². The Bertz CT molecular complexity index is 289. The molecule has 0 unspecified atom stereocenters. The van der Waals surface area contributed by atoms with E-state index >= 15 is 0 Å². The van der Waals surface area contributed by atoms with Gasteiger partial charge < -0.3 is 9.84 Å². The predicted octanol–water partition coefficient (Wildman–Crippen LogP) is 1.92. The number of aromatic hydroxyl groups is 1. The van der Waals surface area contributed by atoms with Crippen molar-refractivity contribution in [1.82, 2.24) is 0 Å². The zero-order valence-corrected chi connectivity index (χ0v) is 8.53. The molecule has 12 heavy (non-hydrogen) atoms. The number of benzene rings is 1. The molecule has 0 aromatic heterocycles. The highest BCUT2D eigenvalue weighted by Gasteiger charge is 2.00. The average molecular weight is 278 g/mol. The van der Waals surface area contributed by atoms with Crippen molar-refractivity contribution in [1.29, 1.82) is 0 Å². The fourth-order valence-corrected chi connectivity index (χ4v) is 1.40. The lowest BCUT2D eigenvalue weighted by atomic mass is 10.3. The molecule has 0 amide bonds. The van der Waals surface area contributed by atoms with Crippen LogP contribution in [0.3, 0.4) is 0 Å². The van der Waals surface area contributed by atoms with Crippen LogP contribution >= 0.6 is 22.6 Å². The van der Waals surface area contributed by atoms with Gasteiger partial charge in [-0.1, -0.05) is 0 Å². The Morgan fingerprint density at radius 2 is 2.17 bits per heavy atom. The van der Waals surface area contributed by atoms with Gasteiger partial charge in [-0.2, -0.15) is 0 Å². The van der Waals surface area contributed by atoms with Crippen molar-refractivity contribution in [3.63, 3.8) is 0 Å². The summed E-state index contributed by atoms with van der Waals surface area (Å²) in [6.07, 6.45) is 0. The van der Waals surface area contributed by atoms with Gasteiger partial charge in [0, 0.05) is 16.6 Å². The normalized spacial score (nSPS) is 9.50. The third-order valence-electron chi connectivity index (χ3n) is 1.12. The number of ether oxygens (including phenoxy) is 1. The van der Waals surface area contributed by atoms with E-state index in [0.717, 1.165) is 3.57 Å². The fourth-order valence-electron chi connectivity index (χ4n) is 0.773. The maximum Gasteiger partial charge on any atom is 0.308 e. The van der Waals surface area contributed by atoms with Crippen LogP contribution in [0.15, 0.2) is 18.2 Å². The molecule has 0 spiro atoms. The minimum atomic E-state index is -0.392. The maximum atomic E-state index is 10.5. The molecule has 0 aliphatic rings. The zero-order valence-electron chi connectivity index (χ0n) is 6.37. The molecule has 0 fully saturated rings. The van der Waals surface area contributed by atoms with Gasteiger partial charge in [0.25, 0.3) is 0 Å². The summed E-state index contributed by atoms with van der Waals surface area (Å²) in [5, 5.41) is 9.11. The molecule has 3 nitrogen and oxygen atoms in total. The predicted molar refractivity (Wildman–Crippen MR) is 52.1 cm³/mol. The lowest BCUT2D eigenvalue weighted by Crippen LogP contribution is -2.01. The molecule has 1 N–H and O–H groups in total. The van der Waals surface area contributed by atoms with Crippen molar-refractivity contribution in [2.24, 2.45) is 0 Å². The largest absolute Gasteiger partial charge is 0.508 e. The third-order valence-corrected chi connectivity index (χ3v) is 1.74. The molecule has 0 saturated carbocycles. The number of phenolic OH excluding ortho intramolecular Hbond substituents is 1. The highest BCUT2D eigenvalue weighted by molar-refractivity contribution is 14.1. The van der Waals surface area contributed by atoms with Crippen LogP contribution in [0, 0.1) is 3.57 Å². The SMILES string of the molecule is CC(=O)Oc1cc(O)cc(I)c1. The minimum absolute atomic E-state index is 0.0955. The smallest absolute Gasteiger partial charge is 0.308 e. The molecule has 0 radical (unpaired) electrons. The molecule has 0 aliphatic carbocycles. The van der Waals surface area contributed by atoms with E-state index in [1.807, 2.05) is 22.6 Å². The van der Waals surface area contributed by atoms with Gasteiger partial charge in [-0.05, 0) is 34.7 Å². The van der Waals surface area contributed by atoms with Crippen LogP contribution in [0.2, 0.25) is 0 Å². The molecular formula is C8H7IO3. The molecule has 1 aromatic rings. The van der Waals surface area contributed by atoms with E-state index in [1.54, 1.807) is 12.1 Å². The molecule has 64 valence electrons. The van der Waals surface area contributed by atoms with Gasteiger partial charge in [-0.15, -0.1) is 0 Å². The summed E-state index contributed by atoms with van der Waals surface area (Å²) in [5.41, 5.74) is 0. The summed E-state index contributed by atoms with van der Waals surface area (Å²) in [5.74, 6) is 0.0708. The second-order valence-corrected chi connectivity index (χ2v) is 3.48. The summed E-state index contributed by atoms with van der Waals surface area (Å²) in [7, 11) is 0. The molecule has 4 heteroatoms. The lowest BCUT2D eigenvalue weighted by Gasteiger charge is -2.01. The van der Waals surface area contributed by atoms with Crippen LogP contribution < -0.4 is 4.74 Å². The summed E-state index contributed by atoms with van der Waals surface area (Å²) in [6, 6.07) is 4.64. The van der Waals surface area contributed by atoms with Crippen LogP contribution in [0.5, 0.6) is 11.5 Å². The molecule has 0 saturated heterocycles. The first kappa shape index (κ1) is 9.31. The monoisotopic (exact) mass is 278 g/mol. The second kappa shape index (κ2) is 3.75. The Kier molecular flexibility index (Phi) is 2.91. The molecule has 1 aromatic carbocycles. The molecule has 0 bridgehead atoms. The number of carbonyl (C=O) groups is 1. The standard InChI is InChI=1S/C8H7IO3/c1-5(10)12-8-3-6(9)2-7(11)4-8/h2-4,11H,1H3. The minimum Gasteiger partial charge on any atom is -0.508 e. The van der Waals surface area contributed by atoms with Gasteiger partial charge in [0.05, 0.1) is 0 Å². The van der Waals surface area contributed by atoms with Crippen LogP contribution in [0.4, 0.5) is 0 Å². The van der Waals surface area contributed by atoms with Gasteiger partial charge in [0.15, 0.2) is 0 Å². The third kappa shape index (κ3) is 2.69. The molecule has 0 aliphatic heterocycles. The molecular weight excluding hydrogens is 271 g/mol. The number of rotatable bonds is 1. The van der Waals surface area contributed by atoms with Crippen molar-refractivity contribution in [2.75, 3.05) is 0 Å². The van der Waals surface area contributed by atoms with Gasteiger partial charge in [0.1, 0.15) is 11.5 Å². The number of esters is 1. The molecule has 1 rings (SSSR count). The Morgan fingerprint density at radius 1 is 1.50 bits per heavy atom. The van der Waals surface area contributed by atoms with Gasteiger partial charge in [0.2, 0.25) is 0 Å². The zero-order chi connectivity index (χ0) is 9.14. The highest BCUT2D eigenvalue weighted by Crippen LogP contribution is 2.22. The van der Waals surface area contributed by atoms with Gasteiger partial charge >= 0.3 is 5.97 Å². The quantitative estimate of drug-likeness (QED) is 0.485. The first-order chi connectivity index (χ1) is 5.58. The van der Waals surface area contributed by atoms with E-state index in [2.05, 4.69) is 0 Å². The van der Waals surface area contributed by atoms with E-state index in [9.17, 15) is 4.79 Å². The van der Waals surface area contributed by atoms with Crippen molar-refractivity contribution < 1.29 is 14.6 Å². The van der Waals surface area contributed by atoms with Crippen molar-refractivity contribution in [3.8, 4) is 11.5 Å². The molecule has 0 heterocycles. The van der Waals surface area contributed by atoms with Crippen molar-refractivity contribution in [3.05, 3.63) is 21.8 Å². The van der Waals surface area contributed by atoms with E-state index in [0.29, 0.717) is 5.75 Å². The highest BCUT2D eigenvalue weighted by atomic mass is 127.